The van der Waals surface area contributed by atoms with Gasteiger partial charge in [0.05, 0.1) is 12.2 Å². The molecule has 1 aromatic heterocycles. The average molecular weight is 390 g/mol. The molecule has 6 nitrogen and oxygen atoms in total. The van der Waals surface area contributed by atoms with Gasteiger partial charge in [0, 0.05) is 32.0 Å². The van der Waals surface area contributed by atoms with Gasteiger partial charge in [-0.25, -0.2) is 4.98 Å². The maximum atomic E-state index is 5.96. The number of oxazole rings is 1. The molecule has 1 atom stereocenters. The highest BCUT2D eigenvalue weighted by Crippen LogP contribution is 2.27. The van der Waals surface area contributed by atoms with E-state index in [-0.39, 0.29) is 6.10 Å². The van der Waals surface area contributed by atoms with Gasteiger partial charge in [0.25, 0.3) is 0 Å². The van der Waals surface area contributed by atoms with Crippen molar-refractivity contribution >= 4 is 5.96 Å². The Morgan fingerprint density at radius 2 is 1.97 bits per heavy atom. The number of benzene rings is 2. The van der Waals surface area contributed by atoms with Crippen LogP contribution < -0.4 is 15.4 Å². The van der Waals surface area contributed by atoms with Crippen LogP contribution in [0.25, 0.3) is 11.5 Å². The first kappa shape index (κ1) is 19.1. The van der Waals surface area contributed by atoms with Crippen LogP contribution in [0.2, 0.25) is 0 Å². The van der Waals surface area contributed by atoms with E-state index in [0.717, 1.165) is 35.8 Å². The van der Waals surface area contributed by atoms with Gasteiger partial charge in [0.15, 0.2) is 5.96 Å². The van der Waals surface area contributed by atoms with E-state index in [4.69, 9.17) is 9.15 Å². The summed E-state index contributed by atoms with van der Waals surface area (Å²) in [4.78, 5) is 8.86. The number of para-hydroxylation sites is 1. The highest BCUT2D eigenvalue weighted by molar-refractivity contribution is 5.79. The number of aliphatic imine (C=N–C) groups is 1. The predicted molar refractivity (Wildman–Crippen MR) is 114 cm³/mol. The van der Waals surface area contributed by atoms with Gasteiger partial charge in [-0.2, -0.15) is 0 Å². The molecular weight excluding hydrogens is 364 g/mol. The molecule has 150 valence electrons. The fourth-order valence-corrected chi connectivity index (χ4v) is 3.36. The Morgan fingerprint density at radius 3 is 2.76 bits per heavy atom. The molecule has 1 aliphatic heterocycles. The molecule has 1 aliphatic rings. The second-order valence-corrected chi connectivity index (χ2v) is 7.19. The summed E-state index contributed by atoms with van der Waals surface area (Å²) in [7, 11) is 1.77. The van der Waals surface area contributed by atoms with Gasteiger partial charge in [0.2, 0.25) is 5.89 Å². The highest BCUT2D eigenvalue weighted by Gasteiger charge is 2.22. The zero-order valence-electron chi connectivity index (χ0n) is 16.8. The number of aryl methyl sites for hydroxylation is 1. The maximum absolute atomic E-state index is 5.96. The number of fused-ring (bicyclic) bond motifs is 1. The first-order valence-corrected chi connectivity index (χ1v) is 9.92. The molecular formula is C23H26N4O2. The van der Waals surface area contributed by atoms with Crippen LogP contribution >= 0.6 is 0 Å². The summed E-state index contributed by atoms with van der Waals surface area (Å²) in [5, 5.41) is 6.66. The summed E-state index contributed by atoms with van der Waals surface area (Å²) >= 11 is 0. The normalized spacial score (nSPS) is 15.7. The minimum atomic E-state index is 0.124. The van der Waals surface area contributed by atoms with Crippen LogP contribution in [0.3, 0.4) is 0 Å². The summed E-state index contributed by atoms with van der Waals surface area (Å²) < 4.78 is 11.6. The number of hydrogen-bond acceptors (Lipinski definition) is 4. The SMILES string of the molecule is CN=C(NCCc1coc(-c2ccc(C)cc2)n1)NCC1Cc2ccccc2O1. The Kier molecular flexibility index (Phi) is 5.79. The van der Waals surface area contributed by atoms with Crippen LogP contribution in [0.1, 0.15) is 16.8 Å². The lowest BCUT2D eigenvalue weighted by Gasteiger charge is -2.15. The van der Waals surface area contributed by atoms with Crippen molar-refractivity contribution in [2.45, 2.75) is 25.9 Å². The second kappa shape index (κ2) is 8.82. The van der Waals surface area contributed by atoms with Crippen molar-refractivity contribution in [3.63, 3.8) is 0 Å². The van der Waals surface area contributed by atoms with Gasteiger partial charge in [0.1, 0.15) is 18.1 Å². The number of rotatable bonds is 6. The van der Waals surface area contributed by atoms with E-state index in [1.54, 1.807) is 13.3 Å². The number of ether oxygens (including phenoxy) is 1. The van der Waals surface area contributed by atoms with E-state index in [1.165, 1.54) is 11.1 Å². The van der Waals surface area contributed by atoms with Crippen molar-refractivity contribution in [1.82, 2.24) is 15.6 Å². The van der Waals surface area contributed by atoms with E-state index >= 15 is 0 Å². The van der Waals surface area contributed by atoms with Crippen LogP contribution in [-0.2, 0) is 12.8 Å². The maximum Gasteiger partial charge on any atom is 0.226 e. The molecule has 2 N–H and O–H groups in total. The average Bonchev–Trinajstić information content (AvgIpc) is 3.38. The molecule has 0 aliphatic carbocycles. The molecule has 2 aromatic carbocycles. The zero-order chi connectivity index (χ0) is 20.1. The van der Waals surface area contributed by atoms with Crippen LogP contribution in [0.5, 0.6) is 5.75 Å². The number of guanidine groups is 1. The molecule has 0 radical (unpaired) electrons. The zero-order valence-corrected chi connectivity index (χ0v) is 16.8. The van der Waals surface area contributed by atoms with Crippen LogP contribution in [0.15, 0.2) is 64.2 Å². The molecule has 0 saturated carbocycles. The van der Waals surface area contributed by atoms with Crippen molar-refractivity contribution in [2.75, 3.05) is 20.1 Å². The lowest BCUT2D eigenvalue weighted by molar-refractivity contribution is 0.235. The molecule has 0 spiro atoms. The molecule has 1 unspecified atom stereocenters. The molecule has 0 saturated heterocycles. The number of nitrogens with zero attached hydrogens (tertiary/aromatic N) is 2. The van der Waals surface area contributed by atoms with Gasteiger partial charge in [-0.1, -0.05) is 35.9 Å². The molecule has 3 aromatic rings. The summed E-state index contributed by atoms with van der Waals surface area (Å²) in [6.45, 7) is 3.48. The van der Waals surface area contributed by atoms with Gasteiger partial charge < -0.3 is 19.8 Å². The fraction of sp³-hybridized carbons (Fsp3) is 0.304. The van der Waals surface area contributed by atoms with E-state index in [0.29, 0.717) is 19.0 Å². The lowest BCUT2D eigenvalue weighted by atomic mass is 10.1. The van der Waals surface area contributed by atoms with Crippen molar-refractivity contribution in [3.05, 3.63) is 71.6 Å². The van der Waals surface area contributed by atoms with Crippen LogP contribution in [-0.4, -0.2) is 37.2 Å². The first-order chi connectivity index (χ1) is 14.2. The standard InChI is InChI=1S/C23H26N4O2/c1-16-7-9-17(10-8-16)22-27-19(15-28-22)11-12-25-23(24-2)26-14-20-13-18-5-3-4-6-21(18)29-20/h3-10,15,20H,11-14H2,1-2H3,(H2,24,25,26). The summed E-state index contributed by atoms with van der Waals surface area (Å²) in [6, 6.07) is 16.4. The molecule has 6 heteroatoms. The first-order valence-electron chi connectivity index (χ1n) is 9.92. The van der Waals surface area contributed by atoms with Crippen molar-refractivity contribution in [3.8, 4) is 17.2 Å². The molecule has 0 amide bonds. The Morgan fingerprint density at radius 1 is 1.14 bits per heavy atom. The lowest BCUT2D eigenvalue weighted by Crippen LogP contribution is -2.42. The summed E-state index contributed by atoms with van der Waals surface area (Å²) in [5.41, 5.74) is 4.39. The van der Waals surface area contributed by atoms with E-state index in [2.05, 4.69) is 45.7 Å². The number of nitrogens with one attached hydrogen (secondary N) is 2. The molecule has 0 fully saturated rings. The minimum absolute atomic E-state index is 0.124. The van der Waals surface area contributed by atoms with E-state index in [1.807, 2.05) is 30.3 Å². The van der Waals surface area contributed by atoms with Crippen LogP contribution in [0.4, 0.5) is 0 Å². The summed E-state index contributed by atoms with van der Waals surface area (Å²) in [5.74, 6) is 2.39. The molecule has 29 heavy (non-hydrogen) atoms. The van der Waals surface area contributed by atoms with Gasteiger partial charge >= 0.3 is 0 Å². The highest BCUT2D eigenvalue weighted by atomic mass is 16.5. The monoisotopic (exact) mass is 390 g/mol. The Hall–Kier alpha value is -3.28. The smallest absolute Gasteiger partial charge is 0.226 e. The Bertz CT molecular complexity index is 954. The second-order valence-electron chi connectivity index (χ2n) is 7.19. The predicted octanol–water partition coefficient (Wildman–Crippen LogP) is 3.36. The Balaban J connectivity index is 1.22. The van der Waals surface area contributed by atoms with Crippen molar-refractivity contribution in [1.29, 1.82) is 0 Å². The molecule has 4 rings (SSSR count). The minimum Gasteiger partial charge on any atom is -0.488 e. The van der Waals surface area contributed by atoms with Crippen molar-refractivity contribution < 1.29 is 9.15 Å². The summed E-state index contributed by atoms with van der Waals surface area (Å²) in [6.07, 6.45) is 3.51. The number of aromatic nitrogens is 1. The quantitative estimate of drug-likeness (QED) is 0.499. The van der Waals surface area contributed by atoms with Crippen molar-refractivity contribution in [2.24, 2.45) is 4.99 Å². The van der Waals surface area contributed by atoms with E-state index < -0.39 is 0 Å². The van der Waals surface area contributed by atoms with Gasteiger partial charge in [-0.3, -0.25) is 4.99 Å². The molecule has 2 heterocycles. The topological polar surface area (TPSA) is 71.7 Å². The fourth-order valence-electron chi connectivity index (χ4n) is 3.36. The van der Waals surface area contributed by atoms with Gasteiger partial charge in [-0.15, -0.1) is 0 Å². The largest absolute Gasteiger partial charge is 0.488 e. The Labute approximate surface area is 171 Å². The third kappa shape index (κ3) is 4.77. The molecule has 0 bridgehead atoms. The number of hydrogen-bond donors (Lipinski definition) is 2. The van der Waals surface area contributed by atoms with Crippen LogP contribution in [0, 0.1) is 6.92 Å². The van der Waals surface area contributed by atoms with Gasteiger partial charge in [-0.05, 0) is 30.7 Å². The van der Waals surface area contributed by atoms with E-state index in [9.17, 15) is 0 Å². The third-order valence-corrected chi connectivity index (χ3v) is 4.96. The third-order valence-electron chi connectivity index (χ3n) is 4.96.